The number of nitrogens with two attached hydrogens (primary N) is 1. The van der Waals surface area contributed by atoms with Gasteiger partial charge in [-0.3, -0.25) is 4.79 Å². The molecule has 1 amide bonds. The standard InChI is InChI=1S/C17H21ClN2O/c1-12-4-6-13(7-5-12)17(21)20-16-9-8-15(18)11-14(16)3-2-10-19/h8-9,11-13H,4-7,10,19H2,1H3,(H,20,21). The van der Waals surface area contributed by atoms with Gasteiger partial charge in [0.15, 0.2) is 0 Å². The Morgan fingerprint density at radius 3 is 2.76 bits per heavy atom. The molecule has 21 heavy (non-hydrogen) atoms. The van der Waals surface area contributed by atoms with Gasteiger partial charge in [0.25, 0.3) is 0 Å². The number of hydrogen-bond donors (Lipinski definition) is 2. The minimum atomic E-state index is 0.0834. The molecule has 0 aromatic heterocycles. The molecule has 0 bridgehead atoms. The second kappa shape index (κ2) is 7.49. The molecule has 0 spiro atoms. The first-order valence-electron chi connectivity index (χ1n) is 7.39. The van der Waals surface area contributed by atoms with Crippen molar-refractivity contribution in [2.75, 3.05) is 11.9 Å². The summed E-state index contributed by atoms with van der Waals surface area (Å²) in [6, 6.07) is 5.31. The van der Waals surface area contributed by atoms with Crippen molar-refractivity contribution in [3.05, 3.63) is 28.8 Å². The fourth-order valence-corrected chi connectivity index (χ4v) is 2.80. The van der Waals surface area contributed by atoms with Gasteiger partial charge in [0.05, 0.1) is 12.2 Å². The molecular weight excluding hydrogens is 284 g/mol. The number of benzene rings is 1. The number of amides is 1. The maximum absolute atomic E-state index is 12.4. The topological polar surface area (TPSA) is 55.1 Å². The first-order chi connectivity index (χ1) is 10.1. The van der Waals surface area contributed by atoms with Crippen LogP contribution in [0.4, 0.5) is 5.69 Å². The van der Waals surface area contributed by atoms with Crippen molar-refractivity contribution in [2.24, 2.45) is 17.6 Å². The number of carbonyl (C=O) groups excluding carboxylic acids is 1. The molecule has 1 saturated carbocycles. The zero-order chi connectivity index (χ0) is 15.2. The van der Waals surface area contributed by atoms with E-state index >= 15 is 0 Å². The number of nitrogens with one attached hydrogen (secondary N) is 1. The fraction of sp³-hybridized carbons (Fsp3) is 0.471. The number of anilines is 1. The van der Waals surface area contributed by atoms with E-state index in [2.05, 4.69) is 24.1 Å². The van der Waals surface area contributed by atoms with Gasteiger partial charge in [-0.1, -0.05) is 30.4 Å². The van der Waals surface area contributed by atoms with Gasteiger partial charge >= 0.3 is 0 Å². The van der Waals surface area contributed by atoms with E-state index in [1.54, 1.807) is 18.2 Å². The summed E-state index contributed by atoms with van der Waals surface area (Å²) in [5.74, 6) is 6.67. The van der Waals surface area contributed by atoms with E-state index in [1.165, 1.54) is 0 Å². The van der Waals surface area contributed by atoms with Crippen LogP contribution in [0.5, 0.6) is 0 Å². The van der Waals surface area contributed by atoms with Crippen LogP contribution in [0.1, 0.15) is 38.2 Å². The predicted molar refractivity (Wildman–Crippen MR) is 87.1 cm³/mol. The lowest BCUT2D eigenvalue weighted by Gasteiger charge is -2.25. The second-order valence-electron chi connectivity index (χ2n) is 5.64. The van der Waals surface area contributed by atoms with Crippen LogP contribution in [0, 0.1) is 23.7 Å². The van der Waals surface area contributed by atoms with Gasteiger partial charge in [0.2, 0.25) is 5.91 Å². The lowest BCUT2D eigenvalue weighted by atomic mass is 9.82. The Bertz CT molecular complexity index is 566. The predicted octanol–water partition coefficient (Wildman–Crippen LogP) is 3.42. The SMILES string of the molecule is CC1CCC(C(=O)Nc2ccc(Cl)cc2C#CCN)CC1. The van der Waals surface area contributed by atoms with Crippen molar-refractivity contribution in [3.63, 3.8) is 0 Å². The maximum atomic E-state index is 12.4. The second-order valence-corrected chi connectivity index (χ2v) is 6.08. The highest BCUT2D eigenvalue weighted by molar-refractivity contribution is 6.30. The summed E-state index contributed by atoms with van der Waals surface area (Å²) in [4.78, 5) is 12.4. The lowest BCUT2D eigenvalue weighted by Crippen LogP contribution is -2.26. The molecule has 0 saturated heterocycles. The van der Waals surface area contributed by atoms with Crippen LogP contribution in [-0.4, -0.2) is 12.5 Å². The molecule has 1 aliphatic carbocycles. The molecule has 1 aromatic carbocycles. The van der Waals surface area contributed by atoms with Crippen molar-refractivity contribution in [1.82, 2.24) is 0 Å². The molecule has 1 aliphatic rings. The third-order valence-electron chi connectivity index (χ3n) is 3.95. The molecule has 2 rings (SSSR count). The van der Waals surface area contributed by atoms with Crippen molar-refractivity contribution >= 4 is 23.2 Å². The average molecular weight is 305 g/mol. The number of halogens is 1. The summed E-state index contributed by atoms with van der Waals surface area (Å²) in [5.41, 5.74) is 6.83. The summed E-state index contributed by atoms with van der Waals surface area (Å²) < 4.78 is 0. The normalized spacial score (nSPS) is 21.3. The van der Waals surface area contributed by atoms with Crippen molar-refractivity contribution < 1.29 is 4.79 Å². The van der Waals surface area contributed by atoms with Gasteiger partial charge in [0, 0.05) is 16.5 Å². The van der Waals surface area contributed by atoms with Crippen molar-refractivity contribution in [2.45, 2.75) is 32.6 Å². The van der Waals surface area contributed by atoms with Crippen molar-refractivity contribution in [1.29, 1.82) is 0 Å². The van der Waals surface area contributed by atoms with Crippen LogP contribution in [0.25, 0.3) is 0 Å². The highest BCUT2D eigenvalue weighted by atomic mass is 35.5. The summed E-state index contributed by atoms with van der Waals surface area (Å²) in [7, 11) is 0. The number of carbonyl (C=O) groups is 1. The largest absolute Gasteiger partial charge is 0.325 e. The van der Waals surface area contributed by atoms with Gasteiger partial charge in [-0.2, -0.15) is 0 Å². The van der Waals surface area contributed by atoms with Crippen LogP contribution >= 0.6 is 11.6 Å². The quantitative estimate of drug-likeness (QED) is 0.823. The minimum Gasteiger partial charge on any atom is -0.325 e. The van der Waals surface area contributed by atoms with Crippen molar-refractivity contribution in [3.8, 4) is 11.8 Å². The van der Waals surface area contributed by atoms with Crippen LogP contribution in [-0.2, 0) is 4.79 Å². The van der Waals surface area contributed by atoms with Crippen LogP contribution in [0.3, 0.4) is 0 Å². The highest BCUT2D eigenvalue weighted by Crippen LogP contribution is 2.29. The molecule has 0 atom stereocenters. The Hall–Kier alpha value is -1.50. The minimum absolute atomic E-state index is 0.0834. The smallest absolute Gasteiger partial charge is 0.227 e. The molecule has 4 heteroatoms. The van der Waals surface area contributed by atoms with Crippen LogP contribution in [0.2, 0.25) is 5.02 Å². The van der Waals surface area contributed by atoms with E-state index in [0.29, 0.717) is 16.3 Å². The summed E-state index contributed by atoms with van der Waals surface area (Å²) in [6.45, 7) is 2.52. The average Bonchev–Trinajstić information content (AvgIpc) is 2.48. The molecule has 0 aliphatic heterocycles. The number of hydrogen-bond acceptors (Lipinski definition) is 2. The molecule has 1 aromatic rings. The molecule has 1 fully saturated rings. The summed E-state index contributed by atoms with van der Waals surface area (Å²) in [5, 5.41) is 3.59. The molecular formula is C17H21ClN2O. The first-order valence-corrected chi connectivity index (χ1v) is 7.77. The molecule has 0 heterocycles. The van der Waals surface area contributed by atoms with E-state index in [-0.39, 0.29) is 18.4 Å². The fourth-order valence-electron chi connectivity index (χ4n) is 2.63. The maximum Gasteiger partial charge on any atom is 0.227 e. The van der Waals surface area contributed by atoms with E-state index in [9.17, 15) is 4.79 Å². The van der Waals surface area contributed by atoms with E-state index in [0.717, 1.165) is 31.6 Å². The van der Waals surface area contributed by atoms with Gasteiger partial charge in [-0.25, -0.2) is 0 Å². The molecule has 0 unspecified atom stereocenters. The molecule has 3 nitrogen and oxygen atoms in total. The molecule has 112 valence electrons. The molecule has 3 N–H and O–H groups in total. The zero-order valence-electron chi connectivity index (χ0n) is 12.3. The Labute approximate surface area is 131 Å². The van der Waals surface area contributed by atoms with Gasteiger partial charge in [0.1, 0.15) is 0 Å². The number of rotatable bonds is 2. The highest BCUT2D eigenvalue weighted by Gasteiger charge is 2.24. The Kier molecular flexibility index (Phi) is 5.67. The Balaban J connectivity index is 2.10. The van der Waals surface area contributed by atoms with Gasteiger partial charge in [-0.15, -0.1) is 0 Å². The third kappa shape index (κ3) is 4.49. The van der Waals surface area contributed by atoms with Gasteiger partial charge < -0.3 is 11.1 Å². The van der Waals surface area contributed by atoms with E-state index in [4.69, 9.17) is 17.3 Å². The van der Waals surface area contributed by atoms with E-state index in [1.807, 2.05) is 0 Å². The first kappa shape index (κ1) is 15.9. The van der Waals surface area contributed by atoms with Crippen LogP contribution in [0.15, 0.2) is 18.2 Å². The molecule has 0 radical (unpaired) electrons. The zero-order valence-corrected chi connectivity index (χ0v) is 13.0. The summed E-state index contributed by atoms with van der Waals surface area (Å²) in [6.07, 6.45) is 4.17. The van der Waals surface area contributed by atoms with Gasteiger partial charge in [-0.05, 0) is 49.8 Å². The Morgan fingerprint density at radius 1 is 1.38 bits per heavy atom. The third-order valence-corrected chi connectivity index (χ3v) is 4.19. The van der Waals surface area contributed by atoms with Crippen LogP contribution < -0.4 is 11.1 Å². The Morgan fingerprint density at radius 2 is 2.10 bits per heavy atom. The lowest BCUT2D eigenvalue weighted by molar-refractivity contribution is -0.121. The van der Waals surface area contributed by atoms with E-state index < -0.39 is 0 Å². The monoisotopic (exact) mass is 304 g/mol. The summed E-state index contributed by atoms with van der Waals surface area (Å²) >= 11 is 5.99.